The summed E-state index contributed by atoms with van der Waals surface area (Å²) >= 11 is 5.78. The van der Waals surface area contributed by atoms with Gasteiger partial charge in [0, 0.05) is 24.9 Å². The van der Waals surface area contributed by atoms with Gasteiger partial charge in [-0.2, -0.15) is 0 Å². The van der Waals surface area contributed by atoms with Gasteiger partial charge in [-0.3, -0.25) is 19.9 Å². The summed E-state index contributed by atoms with van der Waals surface area (Å²) in [5.74, 6) is 0.351. The molecule has 0 saturated heterocycles. The molecule has 1 N–H and O–H groups in total. The summed E-state index contributed by atoms with van der Waals surface area (Å²) in [6.07, 6.45) is 4.51. The van der Waals surface area contributed by atoms with Gasteiger partial charge in [0.2, 0.25) is 5.91 Å². The summed E-state index contributed by atoms with van der Waals surface area (Å²) in [4.78, 5) is 26.6. The second kappa shape index (κ2) is 10.2. The molecule has 2 aromatic carbocycles. The van der Waals surface area contributed by atoms with Crippen LogP contribution in [0.25, 0.3) is 6.08 Å². The van der Waals surface area contributed by atoms with E-state index in [1.54, 1.807) is 12.3 Å². The third-order valence-corrected chi connectivity index (χ3v) is 4.39. The zero-order valence-corrected chi connectivity index (χ0v) is 16.6. The number of nitrogens with one attached hydrogen (secondary N) is 1. The topological polar surface area (TPSA) is 94.4 Å². The first-order valence-corrected chi connectivity index (χ1v) is 9.40. The molecule has 0 saturated carbocycles. The molecule has 0 aliphatic rings. The Morgan fingerprint density at radius 3 is 2.80 bits per heavy atom. The van der Waals surface area contributed by atoms with Crippen molar-refractivity contribution in [1.29, 1.82) is 0 Å². The fraction of sp³-hybridized carbons (Fsp3) is 0.0909. The summed E-state index contributed by atoms with van der Waals surface area (Å²) in [6.45, 7) is 0.664. The Kier molecular flexibility index (Phi) is 7.13. The highest BCUT2D eigenvalue weighted by Crippen LogP contribution is 2.25. The minimum Gasteiger partial charge on any atom is -0.487 e. The Morgan fingerprint density at radius 2 is 2.03 bits per heavy atom. The van der Waals surface area contributed by atoms with E-state index in [4.69, 9.17) is 16.3 Å². The molecule has 0 aliphatic heterocycles. The van der Waals surface area contributed by atoms with E-state index < -0.39 is 4.92 Å². The Hall–Kier alpha value is -3.71. The number of aromatic nitrogens is 1. The third kappa shape index (κ3) is 6.15. The minimum atomic E-state index is -0.567. The van der Waals surface area contributed by atoms with Crippen molar-refractivity contribution in [2.24, 2.45) is 0 Å². The lowest BCUT2D eigenvalue weighted by atomic mass is 10.2. The van der Waals surface area contributed by atoms with E-state index in [0.29, 0.717) is 24.5 Å². The molecule has 3 aromatic rings. The Balaban J connectivity index is 1.54. The molecule has 8 heteroatoms. The van der Waals surface area contributed by atoms with Crippen molar-refractivity contribution in [1.82, 2.24) is 10.3 Å². The van der Waals surface area contributed by atoms with Crippen molar-refractivity contribution in [3.8, 4) is 5.75 Å². The van der Waals surface area contributed by atoms with Crippen LogP contribution in [0.1, 0.15) is 16.8 Å². The number of rotatable bonds is 8. The summed E-state index contributed by atoms with van der Waals surface area (Å²) in [7, 11) is 0. The molecule has 0 fully saturated rings. The Labute approximate surface area is 178 Å². The first kappa shape index (κ1) is 21.0. The second-order valence-electron chi connectivity index (χ2n) is 6.28. The van der Waals surface area contributed by atoms with E-state index in [9.17, 15) is 14.9 Å². The maximum Gasteiger partial charge on any atom is 0.288 e. The zero-order chi connectivity index (χ0) is 21.3. The molecule has 0 radical (unpaired) electrons. The van der Waals surface area contributed by atoms with Gasteiger partial charge < -0.3 is 10.1 Å². The van der Waals surface area contributed by atoms with Crippen LogP contribution in [0, 0.1) is 10.1 Å². The van der Waals surface area contributed by atoms with Gasteiger partial charge in [0.05, 0.1) is 10.6 Å². The van der Waals surface area contributed by atoms with E-state index >= 15 is 0 Å². The first-order valence-electron chi connectivity index (χ1n) is 9.03. The van der Waals surface area contributed by atoms with E-state index in [0.717, 1.165) is 11.3 Å². The lowest BCUT2D eigenvalue weighted by Gasteiger charge is -2.08. The van der Waals surface area contributed by atoms with E-state index in [2.05, 4.69) is 10.3 Å². The molecule has 1 heterocycles. The number of amides is 1. The van der Waals surface area contributed by atoms with E-state index in [-0.39, 0.29) is 16.6 Å². The van der Waals surface area contributed by atoms with Gasteiger partial charge in [0.1, 0.15) is 17.4 Å². The summed E-state index contributed by atoms with van der Waals surface area (Å²) < 4.78 is 5.73. The maximum absolute atomic E-state index is 12.1. The zero-order valence-electron chi connectivity index (χ0n) is 15.8. The number of halogens is 1. The van der Waals surface area contributed by atoms with Gasteiger partial charge in [-0.25, -0.2) is 0 Å². The quantitative estimate of drug-likeness (QED) is 0.326. The van der Waals surface area contributed by atoms with Gasteiger partial charge in [-0.1, -0.05) is 35.9 Å². The number of hydrogen-bond acceptors (Lipinski definition) is 5. The number of ether oxygens (including phenoxy) is 1. The highest BCUT2D eigenvalue weighted by Gasteiger charge is 2.11. The molecule has 7 nitrogen and oxygen atoms in total. The molecule has 0 spiro atoms. The monoisotopic (exact) mass is 423 g/mol. The van der Waals surface area contributed by atoms with Crippen LogP contribution in [0.3, 0.4) is 0 Å². The fourth-order valence-electron chi connectivity index (χ4n) is 2.58. The third-order valence-electron chi connectivity index (χ3n) is 4.07. The van der Waals surface area contributed by atoms with Crippen LogP contribution in [-0.4, -0.2) is 15.8 Å². The van der Waals surface area contributed by atoms with Crippen molar-refractivity contribution in [3.05, 3.63) is 105 Å². The normalized spacial score (nSPS) is 10.7. The Bertz CT molecular complexity index is 1070. The predicted molar refractivity (Wildman–Crippen MR) is 114 cm³/mol. The SMILES string of the molecule is O=C(C=Cc1ccc(Cl)c([N+](=O)[O-])c1)NCc1cccc(OCc2ccccn2)c1. The van der Waals surface area contributed by atoms with Gasteiger partial charge in [-0.15, -0.1) is 0 Å². The highest BCUT2D eigenvalue weighted by molar-refractivity contribution is 6.32. The predicted octanol–water partition coefficient (Wildman–Crippen LogP) is 4.55. The smallest absolute Gasteiger partial charge is 0.288 e. The lowest BCUT2D eigenvalue weighted by Crippen LogP contribution is -2.20. The molecule has 0 aliphatic carbocycles. The lowest BCUT2D eigenvalue weighted by molar-refractivity contribution is -0.384. The molecular formula is C22H18ClN3O4. The number of carbonyl (C=O) groups excluding carboxylic acids is 1. The molecule has 0 unspecified atom stereocenters. The summed E-state index contributed by atoms with van der Waals surface area (Å²) in [5, 5.41) is 13.7. The number of hydrogen-bond donors (Lipinski definition) is 1. The van der Waals surface area contributed by atoms with E-state index in [1.807, 2.05) is 42.5 Å². The molecule has 1 aromatic heterocycles. The molecule has 1 amide bonds. The summed E-state index contributed by atoms with van der Waals surface area (Å²) in [5.41, 5.74) is 1.99. The molecule has 30 heavy (non-hydrogen) atoms. The summed E-state index contributed by atoms with van der Waals surface area (Å²) in [6, 6.07) is 17.4. The average Bonchev–Trinajstić information content (AvgIpc) is 2.76. The first-order chi connectivity index (χ1) is 14.5. The van der Waals surface area contributed by atoms with Crippen LogP contribution in [0.4, 0.5) is 5.69 Å². The van der Waals surface area contributed by atoms with Crippen molar-refractivity contribution >= 4 is 29.3 Å². The van der Waals surface area contributed by atoms with Gasteiger partial charge in [-0.05, 0) is 47.5 Å². The fourth-order valence-corrected chi connectivity index (χ4v) is 2.77. The van der Waals surface area contributed by atoms with Crippen LogP contribution >= 0.6 is 11.6 Å². The number of nitrogens with zero attached hydrogens (tertiary/aromatic N) is 2. The number of pyridine rings is 1. The van der Waals surface area contributed by atoms with Crippen LogP contribution in [-0.2, 0) is 17.9 Å². The average molecular weight is 424 g/mol. The van der Waals surface area contributed by atoms with Gasteiger partial charge in [0.15, 0.2) is 0 Å². The van der Waals surface area contributed by atoms with E-state index in [1.165, 1.54) is 24.3 Å². The molecule has 3 rings (SSSR count). The molecule has 0 atom stereocenters. The second-order valence-corrected chi connectivity index (χ2v) is 6.68. The molecule has 152 valence electrons. The standard InChI is InChI=1S/C22H18ClN3O4/c23-20-9-7-16(13-21(20)26(28)29)8-10-22(27)25-14-17-4-3-6-19(12-17)30-15-18-5-1-2-11-24-18/h1-13H,14-15H2,(H,25,27). The van der Waals surface area contributed by atoms with Crippen LogP contribution in [0.15, 0.2) is 72.9 Å². The Morgan fingerprint density at radius 1 is 1.17 bits per heavy atom. The van der Waals surface area contributed by atoms with Crippen LogP contribution in [0.2, 0.25) is 5.02 Å². The highest BCUT2D eigenvalue weighted by atomic mass is 35.5. The van der Waals surface area contributed by atoms with Crippen molar-refractivity contribution in [3.63, 3.8) is 0 Å². The number of carbonyl (C=O) groups is 1. The molecular weight excluding hydrogens is 406 g/mol. The van der Waals surface area contributed by atoms with Gasteiger partial charge in [0.25, 0.3) is 5.69 Å². The maximum atomic E-state index is 12.1. The number of nitro groups is 1. The van der Waals surface area contributed by atoms with Crippen molar-refractivity contribution in [2.75, 3.05) is 0 Å². The number of benzene rings is 2. The molecule has 0 bridgehead atoms. The van der Waals surface area contributed by atoms with Crippen molar-refractivity contribution in [2.45, 2.75) is 13.2 Å². The van der Waals surface area contributed by atoms with Crippen LogP contribution in [0.5, 0.6) is 5.75 Å². The van der Waals surface area contributed by atoms with Crippen molar-refractivity contribution < 1.29 is 14.5 Å². The number of nitro benzene ring substituents is 1. The largest absolute Gasteiger partial charge is 0.487 e. The minimum absolute atomic E-state index is 0.0479. The van der Waals surface area contributed by atoms with Gasteiger partial charge >= 0.3 is 0 Å². The van der Waals surface area contributed by atoms with Crippen LogP contribution < -0.4 is 10.1 Å².